The lowest BCUT2D eigenvalue weighted by molar-refractivity contribution is -0.274. The van der Waals surface area contributed by atoms with Gasteiger partial charge in [-0.1, -0.05) is 32.0 Å². The molecule has 1 aromatic carbocycles. The molecule has 0 radical (unpaired) electrons. The number of amides is 1. The first kappa shape index (κ1) is 29.2. The molecule has 3 aliphatic heterocycles. The van der Waals surface area contributed by atoms with Gasteiger partial charge in [-0.25, -0.2) is 4.79 Å². The molecule has 240 valence electrons. The van der Waals surface area contributed by atoms with Crippen LogP contribution in [-0.4, -0.2) is 82.2 Å². The van der Waals surface area contributed by atoms with Crippen molar-refractivity contribution in [1.82, 2.24) is 9.88 Å². The summed E-state index contributed by atoms with van der Waals surface area (Å²) >= 11 is 0. The number of piperidine rings is 1. The fourth-order valence-corrected chi connectivity index (χ4v) is 10.2. The lowest BCUT2D eigenvalue weighted by Crippen LogP contribution is -2.75. The van der Waals surface area contributed by atoms with E-state index >= 15 is 0 Å². The summed E-state index contributed by atoms with van der Waals surface area (Å²) in [6.45, 7) is 8.72. The van der Waals surface area contributed by atoms with Gasteiger partial charge in [0.2, 0.25) is 0 Å². The molecule has 6 aliphatic rings. The maximum absolute atomic E-state index is 13.9. The number of nitrogens with one attached hydrogen (secondary N) is 1. The molecule has 10 heteroatoms. The maximum atomic E-state index is 13.9. The number of nitrogens with zero attached hydrogens (tertiary/aromatic N) is 1. The first-order valence-electron chi connectivity index (χ1n) is 16.3. The summed E-state index contributed by atoms with van der Waals surface area (Å²) in [7, 11) is 1.38. The third kappa shape index (κ3) is 3.53. The van der Waals surface area contributed by atoms with E-state index in [0.717, 1.165) is 17.6 Å². The quantitative estimate of drug-likeness (QED) is 0.477. The number of likely N-dealkylation sites (tertiary alicyclic amines) is 1. The first-order valence-corrected chi connectivity index (χ1v) is 16.3. The molecule has 7 atom stereocenters. The van der Waals surface area contributed by atoms with E-state index in [0.29, 0.717) is 50.8 Å². The van der Waals surface area contributed by atoms with E-state index in [-0.39, 0.29) is 23.6 Å². The summed E-state index contributed by atoms with van der Waals surface area (Å²) in [4.78, 5) is 44.9. The van der Waals surface area contributed by atoms with Crippen molar-refractivity contribution in [3.8, 4) is 0 Å². The van der Waals surface area contributed by atoms with E-state index in [2.05, 4.69) is 31.0 Å². The number of ketones is 1. The Morgan fingerprint density at radius 3 is 2.56 bits per heavy atom. The number of aliphatic hydroxyl groups is 1. The molecule has 4 fully saturated rings. The fraction of sp³-hybridized carbons (Fsp3) is 0.629. The number of fused-ring (bicyclic) bond motifs is 9. The summed E-state index contributed by atoms with van der Waals surface area (Å²) in [6, 6.07) is 8.28. The Morgan fingerprint density at radius 1 is 1.09 bits per heavy atom. The minimum atomic E-state index is -1.77. The van der Waals surface area contributed by atoms with Gasteiger partial charge in [0, 0.05) is 52.5 Å². The van der Waals surface area contributed by atoms with E-state index in [9.17, 15) is 19.5 Å². The van der Waals surface area contributed by atoms with Crippen LogP contribution in [-0.2, 0) is 40.4 Å². The molecular formula is C35H42N2O8. The third-order valence-corrected chi connectivity index (χ3v) is 12.8. The number of aromatic nitrogens is 1. The smallest absolute Gasteiger partial charge is 0.410 e. The summed E-state index contributed by atoms with van der Waals surface area (Å²) in [5, 5.41) is 14.6. The van der Waals surface area contributed by atoms with Crippen LogP contribution in [0.2, 0.25) is 0 Å². The number of hydrogen-bond acceptors (Lipinski definition) is 8. The second-order valence-corrected chi connectivity index (χ2v) is 15.0. The van der Waals surface area contributed by atoms with Crippen molar-refractivity contribution in [3.05, 3.63) is 47.2 Å². The third-order valence-electron chi connectivity index (χ3n) is 12.8. The van der Waals surface area contributed by atoms with E-state index in [1.54, 1.807) is 4.90 Å². The molecular weight excluding hydrogens is 576 g/mol. The van der Waals surface area contributed by atoms with Gasteiger partial charge in [0.05, 0.1) is 13.0 Å². The Kier molecular flexibility index (Phi) is 5.97. The Bertz CT molecular complexity index is 1670. The molecule has 2 N–H and O–H groups in total. The van der Waals surface area contributed by atoms with Crippen LogP contribution in [0.25, 0.3) is 10.9 Å². The number of hydrogen-bond donors (Lipinski definition) is 2. The van der Waals surface area contributed by atoms with Crippen molar-refractivity contribution < 1.29 is 38.4 Å². The van der Waals surface area contributed by atoms with E-state index in [4.69, 9.17) is 18.9 Å². The Balaban J connectivity index is 1.22. The van der Waals surface area contributed by atoms with E-state index in [1.165, 1.54) is 24.1 Å². The van der Waals surface area contributed by atoms with Gasteiger partial charge in [-0.2, -0.15) is 0 Å². The van der Waals surface area contributed by atoms with Crippen LogP contribution in [0.4, 0.5) is 4.79 Å². The predicted molar refractivity (Wildman–Crippen MR) is 162 cm³/mol. The zero-order chi connectivity index (χ0) is 31.7. The number of aromatic amines is 1. The predicted octanol–water partition coefficient (Wildman–Crippen LogP) is 4.32. The van der Waals surface area contributed by atoms with Gasteiger partial charge in [0.15, 0.2) is 17.7 Å². The Labute approximate surface area is 262 Å². The van der Waals surface area contributed by atoms with Crippen molar-refractivity contribution in [2.45, 2.75) is 101 Å². The van der Waals surface area contributed by atoms with Crippen LogP contribution in [0.1, 0.15) is 71.1 Å². The average molecular weight is 619 g/mol. The molecule has 10 nitrogen and oxygen atoms in total. The van der Waals surface area contributed by atoms with E-state index in [1.807, 2.05) is 26.0 Å². The van der Waals surface area contributed by atoms with Crippen molar-refractivity contribution in [2.75, 3.05) is 20.2 Å². The SMILES string of the molecule is COC(=O)C1CCN(C(=O)O[C@H]2C[C@H]3Cc4c([nH]c5ccccc45)[C@]3(C)[C@@]3(C)CCC45O[C@@H](C(=O)C=C4[C@]23O)C(C)(C)O5)CC1. The lowest BCUT2D eigenvalue weighted by Gasteiger charge is -2.67. The number of ether oxygens (including phenoxy) is 4. The zero-order valence-corrected chi connectivity index (χ0v) is 26.6. The molecule has 1 amide bonds. The van der Waals surface area contributed by atoms with Crippen LogP contribution in [0.3, 0.4) is 0 Å². The zero-order valence-electron chi connectivity index (χ0n) is 26.6. The van der Waals surface area contributed by atoms with Crippen molar-refractivity contribution in [1.29, 1.82) is 0 Å². The van der Waals surface area contributed by atoms with Gasteiger partial charge in [0.1, 0.15) is 17.3 Å². The summed E-state index contributed by atoms with van der Waals surface area (Å²) in [5.74, 6) is -1.99. The van der Waals surface area contributed by atoms with Gasteiger partial charge in [-0.05, 0) is 69.6 Å². The molecule has 8 rings (SSSR count). The highest BCUT2D eigenvalue weighted by atomic mass is 16.8. The number of benzene rings is 1. The monoisotopic (exact) mass is 618 g/mol. The number of H-pyrrole nitrogens is 1. The minimum absolute atomic E-state index is 0.0695. The molecule has 2 bridgehead atoms. The highest BCUT2D eigenvalue weighted by molar-refractivity contribution is 5.97. The fourth-order valence-electron chi connectivity index (χ4n) is 10.2. The number of methoxy groups -OCH3 is 1. The number of para-hydroxylation sites is 1. The van der Waals surface area contributed by atoms with Crippen LogP contribution < -0.4 is 0 Å². The highest BCUT2D eigenvalue weighted by Gasteiger charge is 2.78. The van der Waals surface area contributed by atoms with Gasteiger partial charge < -0.3 is 33.9 Å². The molecule has 1 unspecified atom stereocenters. The molecule has 45 heavy (non-hydrogen) atoms. The molecule has 2 aromatic rings. The standard InChI is InChI=1S/C35H42N2O8/c1-31(2)28-24(38)18-25-34(44-28,45-31)13-12-32(3)33(4)20(16-22-21-8-6-7-9-23(21)36-27(22)33)17-26(35(25,32)41)43-30(40)37-14-10-19(11-15-37)29(39)42-5/h6-9,18-20,26,28,36,41H,10-17H2,1-5H3/t20-,26+,28+,32-,33-,34?,35+/m1/s1. The van der Waals surface area contributed by atoms with Gasteiger partial charge in [-0.15, -0.1) is 0 Å². The Hall–Kier alpha value is -3.21. The molecule has 3 aliphatic carbocycles. The van der Waals surface area contributed by atoms with Crippen LogP contribution in [0.5, 0.6) is 0 Å². The van der Waals surface area contributed by atoms with Crippen molar-refractivity contribution >= 4 is 28.7 Å². The largest absolute Gasteiger partial charge is 0.469 e. The highest BCUT2D eigenvalue weighted by Crippen LogP contribution is 2.72. The summed E-state index contributed by atoms with van der Waals surface area (Å²) in [5.41, 5.74) is -0.274. The van der Waals surface area contributed by atoms with Crippen molar-refractivity contribution in [2.24, 2.45) is 17.3 Å². The second kappa shape index (κ2) is 9.20. The number of carbonyl (C=O) groups excluding carboxylic acids is 3. The van der Waals surface area contributed by atoms with Crippen LogP contribution in [0.15, 0.2) is 35.9 Å². The normalized spacial score (nSPS) is 39.9. The van der Waals surface area contributed by atoms with Crippen molar-refractivity contribution in [3.63, 3.8) is 0 Å². The van der Waals surface area contributed by atoms with Crippen LogP contribution in [0, 0.1) is 17.3 Å². The molecule has 4 heterocycles. The second-order valence-electron chi connectivity index (χ2n) is 15.0. The van der Waals surface area contributed by atoms with Crippen LogP contribution >= 0.6 is 0 Å². The minimum Gasteiger partial charge on any atom is -0.469 e. The molecule has 2 saturated heterocycles. The van der Waals surface area contributed by atoms with Gasteiger partial charge in [-0.3, -0.25) is 9.59 Å². The molecule has 1 spiro atoms. The number of carbonyl (C=O) groups is 3. The van der Waals surface area contributed by atoms with Gasteiger partial charge in [0.25, 0.3) is 0 Å². The maximum Gasteiger partial charge on any atom is 0.410 e. The number of esters is 1. The summed E-state index contributed by atoms with van der Waals surface area (Å²) < 4.78 is 24.4. The first-order chi connectivity index (χ1) is 21.3. The lowest BCUT2D eigenvalue weighted by atomic mass is 9.41. The molecule has 1 aromatic heterocycles. The van der Waals surface area contributed by atoms with E-state index < -0.39 is 46.1 Å². The topological polar surface area (TPSA) is 127 Å². The average Bonchev–Trinajstić information content (AvgIpc) is 3.61. The molecule has 2 saturated carbocycles. The summed E-state index contributed by atoms with van der Waals surface area (Å²) in [6.07, 6.45) is 2.42. The Morgan fingerprint density at radius 2 is 1.82 bits per heavy atom. The number of rotatable bonds is 2. The van der Waals surface area contributed by atoms with Gasteiger partial charge >= 0.3 is 12.1 Å².